The summed E-state index contributed by atoms with van der Waals surface area (Å²) < 4.78 is 16.4. The number of hydrogen-bond donors (Lipinski definition) is 2. The van der Waals surface area contributed by atoms with E-state index in [0.717, 1.165) is 32.1 Å². The van der Waals surface area contributed by atoms with Gasteiger partial charge in [-0.1, -0.05) is 31.4 Å². The molecule has 2 N–H and O–H groups in total. The second kappa shape index (κ2) is 8.73. The van der Waals surface area contributed by atoms with E-state index in [1.807, 2.05) is 0 Å². The molecule has 1 aliphatic heterocycles. The topological polar surface area (TPSA) is 94.1 Å². The molecule has 2 aliphatic rings. The lowest BCUT2D eigenvalue weighted by Gasteiger charge is -2.38. The molecule has 28 heavy (non-hydrogen) atoms. The average molecular weight is 410 g/mol. The van der Waals surface area contributed by atoms with Gasteiger partial charge in [0, 0.05) is 18.9 Å². The SMILES string of the molecule is CCCCOc1ccc(NC(=O)C2=C(O)OC3(CCCCC3)OC2=O)c(Cl)c1. The third kappa shape index (κ3) is 4.52. The predicted octanol–water partition coefficient (Wildman–Crippen LogP) is 4.46. The first-order chi connectivity index (χ1) is 13.4. The number of nitrogens with one attached hydrogen (secondary N) is 1. The molecule has 0 aromatic heterocycles. The number of ether oxygens (including phenoxy) is 3. The van der Waals surface area contributed by atoms with Gasteiger partial charge in [-0.15, -0.1) is 0 Å². The summed E-state index contributed by atoms with van der Waals surface area (Å²) in [5, 5.41) is 12.9. The highest BCUT2D eigenvalue weighted by Crippen LogP contribution is 2.38. The molecule has 1 aliphatic carbocycles. The number of esters is 1. The van der Waals surface area contributed by atoms with Crippen LogP contribution in [0, 0.1) is 0 Å². The highest BCUT2D eigenvalue weighted by atomic mass is 35.5. The molecule has 0 radical (unpaired) electrons. The minimum absolute atomic E-state index is 0.247. The molecular weight excluding hydrogens is 386 g/mol. The van der Waals surface area contributed by atoms with Gasteiger partial charge in [0.2, 0.25) is 5.57 Å². The van der Waals surface area contributed by atoms with Crippen LogP contribution >= 0.6 is 11.6 Å². The number of unbranched alkanes of at least 4 members (excludes halogenated alkanes) is 1. The minimum atomic E-state index is -1.17. The van der Waals surface area contributed by atoms with Crippen LogP contribution in [0.25, 0.3) is 0 Å². The smallest absolute Gasteiger partial charge is 0.354 e. The molecule has 1 aromatic rings. The van der Waals surface area contributed by atoms with Crippen LogP contribution < -0.4 is 10.1 Å². The van der Waals surface area contributed by atoms with Crippen molar-refractivity contribution >= 4 is 29.2 Å². The summed E-state index contributed by atoms with van der Waals surface area (Å²) >= 11 is 6.19. The van der Waals surface area contributed by atoms with E-state index in [1.165, 1.54) is 0 Å². The highest BCUT2D eigenvalue weighted by molar-refractivity contribution is 6.34. The van der Waals surface area contributed by atoms with Gasteiger partial charge in [0.05, 0.1) is 17.3 Å². The van der Waals surface area contributed by atoms with Crippen LogP contribution in [-0.2, 0) is 19.1 Å². The fraction of sp³-hybridized carbons (Fsp3) is 0.500. The van der Waals surface area contributed by atoms with Crippen LogP contribution in [0.5, 0.6) is 5.75 Å². The first-order valence-corrected chi connectivity index (χ1v) is 9.91. The largest absolute Gasteiger partial charge is 0.494 e. The third-order valence-electron chi connectivity index (χ3n) is 4.78. The number of anilines is 1. The summed E-state index contributed by atoms with van der Waals surface area (Å²) in [6.07, 6.45) is 5.57. The van der Waals surface area contributed by atoms with Gasteiger partial charge in [-0.3, -0.25) is 4.79 Å². The first kappa shape index (κ1) is 20.3. The van der Waals surface area contributed by atoms with E-state index in [1.54, 1.807) is 18.2 Å². The van der Waals surface area contributed by atoms with Crippen molar-refractivity contribution in [3.63, 3.8) is 0 Å². The molecule has 8 heteroatoms. The maximum atomic E-state index is 12.5. The lowest BCUT2D eigenvalue weighted by Crippen LogP contribution is -2.45. The van der Waals surface area contributed by atoms with Gasteiger partial charge in [-0.05, 0) is 31.4 Å². The van der Waals surface area contributed by atoms with Crippen molar-refractivity contribution in [3.05, 3.63) is 34.7 Å². The minimum Gasteiger partial charge on any atom is -0.494 e. The zero-order valence-electron chi connectivity index (χ0n) is 15.8. The molecule has 0 unspecified atom stereocenters. The van der Waals surface area contributed by atoms with Gasteiger partial charge < -0.3 is 24.6 Å². The molecule has 0 saturated heterocycles. The third-order valence-corrected chi connectivity index (χ3v) is 5.09. The standard InChI is InChI=1S/C20H24ClNO6/c1-2-3-11-26-13-7-8-15(14(21)12-13)22-17(23)16-18(24)27-20(28-19(16)25)9-5-4-6-10-20/h7-8,12,24H,2-6,9-11H2,1H3,(H,22,23). The molecule has 1 aromatic carbocycles. The number of carbonyl (C=O) groups excluding carboxylic acids is 2. The van der Waals surface area contributed by atoms with Crippen LogP contribution in [0.1, 0.15) is 51.9 Å². The Balaban J connectivity index is 1.70. The number of hydrogen-bond acceptors (Lipinski definition) is 6. The van der Waals surface area contributed by atoms with Crippen molar-refractivity contribution in [2.75, 3.05) is 11.9 Å². The lowest BCUT2D eigenvalue weighted by molar-refractivity contribution is -0.249. The monoisotopic (exact) mass is 409 g/mol. The lowest BCUT2D eigenvalue weighted by atomic mass is 9.93. The zero-order valence-corrected chi connectivity index (χ0v) is 16.5. The zero-order chi connectivity index (χ0) is 20.1. The molecule has 7 nitrogen and oxygen atoms in total. The Labute approximate surface area is 168 Å². The molecule has 1 spiro atoms. The number of rotatable bonds is 6. The van der Waals surface area contributed by atoms with Crippen LogP contribution in [0.15, 0.2) is 29.7 Å². The molecule has 0 atom stereocenters. The van der Waals surface area contributed by atoms with E-state index in [9.17, 15) is 14.7 Å². The summed E-state index contributed by atoms with van der Waals surface area (Å²) in [5.74, 6) is -3.06. The molecule has 1 saturated carbocycles. The van der Waals surface area contributed by atoms with Crippen molar-refractivity contribution in [2.45, 2.75) is 57.7 Å². The van der Waals surface area contributed by atoms with Crippen LogP contribution in [0.3, 0.4) is 0 Å². The van der Waals surface area contributed by atoms with Gasteiger partial charge in [0.15, 0.2) is 0 Å². The van der Waals surface area contributed by atoms with Crippen molar-refractivity contribution < 1.29 is 28.9 Å². The molecular formula is C20H24ClNO6. The van der Waals surface area contributed by atoms with Crippen LogP contribution in [0.2, 0.25) is 5.02 Å². The second-order valence-electron chi connectivity index (χ2n) is 6.94. The van der Waals surface area contributed by atoms with Crippen LogP contribution in [-0.4, -0.2) is 29.4 Å². The molecule has 1 heterocycles. The second-order valence-corrected chi connectivity index (χ2v) is 7.35. The Hall–Kier alpha value is -2.41. The van der Waals surface area contributed by atoms with Gasteiger partial charge in [0.25, 0.3) is 11.7 Å². The summed E-state index contributed by atoms with van der Waals surface area (Å²) in [5.41, 5.74) is -0.295. The first-order valence-electron chi connectivity index (χ1n) is 9.53. The van der Waals surface area contributed by atoms with Crippen molar-refractivity contribution in [3.8, 4) is 5.75 Å². The molecule has 3 rings (SSSR count). The average Bonchev–Trinajstić information content (AvgIpc) is 2.64. The Morgan fingerprint density at radius 2 is 2.04 bits per heavy atom. The Kier molecular flexibility index (Phi) is 6.34. The predicted molar refractivity (Wildman–Crippen MR) is 103 cm³/mol. The van der Waals surface area contributed by atoms with Gasteiger partial charge in [-0.25, -0.2) is 4.79 Å². The number of aliphatic hydroxyl groups is 1. The van der Waals surface area contributed by atoms with E-state index in [4.69, 9.17) is 25.8 Å². The van der Waals surface area contributed by atoms with Gasteiger partial charge >= 0.3 is 11.9 Å². The van der Waals surface area contributed by atoms with E-state index in [-0.39, 0.29) is 10.7 Å². The Morgan fingerprint density at radius 1 is 1.29 bits per heavy atom. The maximum absolute atomic E-state index is 12.5. The number of carbonyl (C=O) groups is 2. The highest BCUT2D eigenvalue weighted by Gasteiger charge is 2.46. The maximum Gasteiger partial charge on any atom is 0.354 e. The normalized spacial score (nSPS) is 18.4. The van der Waals surface area contributed by atoms with E-state index in [2.05, 4.69) is 12.2 Å². The van der Waals surface area contributed by atoms with Crippen molar-refractivity contribution in [1.82, 2.24) is 0 Å². The van der Waals surface area contributed by atoms with E-state index >= 15 is 0 Å². The van der Waals surface area contributed by atoms with Crippen molar-refractivity contribution in [2.24, 2.45) is 0 Å². The van der Waals surface area contributed by atoms with E-state index in [0.29, 0.717) is 25.2 Å². The number of aliphatic hydroxyl groups excluding tert-OH is 1. The Bertz CT molecular complexity index is 785. The summed E-state index contributed by atoms with van der Waals surface area (Å²) in [4.78, 5) is 24.9. The van der Waals surface area contributed by atoms with Crippen LogP contribution in [0.4, 0.5) is 5.69 Å². The summed E-state index contributed by atoms with van der Waals surface area (Å²) in [6, 6.07) is 4.81. The fourth-order valence-electron chi connectivity index (χ4n) is 3.25. The summed E-state index contributed by atoms with van der Waals surface area (Å²) in [6.45, 7) is 2.64. The van der Waals surface area contributed by atoms with Crippen molar-refractivity contribution in [1.29, 1.82) is 0 Å². The molecule has 1 amide bonds. The quantitative estimate of drug-likeness (QED) is 0.409. The number of halogens is 1. The van der Waals surface area contributed by atoms with E-state index < -0.39 is 29.2 Å². The number of amides is 1. The number of benzene rings is 1. The Morgan fingerprint density at radius 3 is 2.68 bits per heavy atom. The molecule has 0 bridgehead atoms. The fourth-order valence-corrected chi connectivity index (χ4v) is 3.46. The van der Waals surface area contributed by atoms with Gasteiger partial charge in [-0.2, -0.15) is 0 Å². The molecule has 152 valence electrons. The van der Waals surface area contributed by atoms with Gasteiger partial charge in [0.1, 0.15) is 5.75 Å². The summed E-state index contributed by atoms with van der Waals surface area (Å²) in [7, 11) is 0. The molecule has 1 fully saturated rings.